The van der Waals surface area contributed by atoms with Crippen molar-refractivity contribution < 1.29 is 24.1 Å². The van der Waals surface area contributed by atoms with Crippen molar-refractivity contribution >= 4 is 28.6 Å². The molecule has 0 aliphatic heterocycles. The van der Waals surface area contributed by atoms with Crippen LogP contribution in [-0.4, -0.2) is 35.8 Å². The first-order valence-corrected chi connectivity index (χ1v) is 7.93. The van der Waals surface area contributed by atoms with Gasteiger partial charge in [0.05, 0.1) is 25.9 Å². The summed E-state index contributed by atoms with van der Waals surface area (Å²) in [4.78, 5) is 11.6. The van der Waals surface area contributed by atoms with Gasteiger partial charge in [0.15, 0.2) is 11.5 Å². The molecule has 6 heteroatoms. The highest BCUT2D eigenvalue weighted by atomic mass is 127. The number of methoxy groups -OCH3 is 1. The molecule has 0 bridgehead atoms. The number of carbonyl (C=O) groups is 1. The van der Waals surface area contributed by atoms with Gasteiger partial charge in [-0.1, -0.05) is 35.9 Å². The van der Waals surface area contributed by atoms with Gasteiger partial charge in [0, 0.05) is 4.43 Å². The summed E-state index contributed by atoms with van der Waals surface area (Å²) >= 11 is 2.16. The SMILES string of the molecule is CCCCOc1cc(C(=O)OC)cc(OCCI)c1O. The number of aromatic hydroxyl groups is 1. The van der Waals surface area contributed by atoms with Gasteiger partial charge in [0.25, 0.3) is 0 Å². The van der Waals surface area contributed by atoms with Gasteiger partial charge in [0.1, 0.15) is 0 Å². The first-order valence-electron chi connectivity index (χ1n) is 6.40. The molecule has 0 saturated heterocycles. The van der Waals surface area contributed by atoms with E-state index < -0.39 is 5.97 Å². The predicted octanol–water partition coefficient (Wildman–Crippen LogP) is 3.17. The molecular weight excluding hydrogens is 375 g/mol. The molecule has 112 valence electrons. The fourth-order valence-corrected chi connectivity index (χ4v) is 1.73. The van der Waals surface area contributed by atoms with Crippen molar-refractivity contribution in [2.45, 2.75) is 19.8 Å². The molecular formula is C14H19IO5. The van der Waals surface area contributed by atoms with Gasteiger partial charge in [0.2, 0.25) is 5.75 Å². The van der Waals surface area contributed by atoms with Gasteiger partial charge < -0.3 is 19.3 Å². The maximum absolute atomic E-state index is 11.6. The molecule has 0 atom stereocenters. The summed E-state index contributed by atoms with van der Waals surface area (Å²) in [5.74, 6) is -0.107. The van der Waals surface area contributed by atoms with E-state index in [1.54, 1.807) is 0 Å². The van der Waals surface area contributed by atoms with Crippen LogP contribution in [0.15, 0.2) is 12.1 Å². The van der Waals surface area contributed by atoms with Crippen LogP contribution < -0.4 is 9.47 Å². The van der Waals surface area contributed by atoms with E-state index in [9.17, 15) is 9.90 Å². The smallest absolute Gasteiger partial charge is 0.338 e. The van der Waals surface area contributed by atoms with Crippen LogP contribution in [0.2, 0.25) is 0 Å². The first kappa shape index (κ1) is 16.9. The molecule has 0 unspecified atom stereocenters. The number of unbranched alkanes of at least 4 members (excludes halogenated alkanes) is 1. The molecule has 5 nitrogen and oxygen atoms in total. The molecule has 20 heavy (non-hydrogen) atoms. The van der Waals surface area contributed by atoms with Crippen LogP contribution >= 0.6 is 22.6 Å². The van der Waals surface area contributed by atoms with Crippen molar-refractivity contribution in [3.05, 3.63) is 17.7 Å². The zero-order valence-corrected chi connectivity index (χ0v) is 13.8. The number of esters is 1. The van der Waals surface area contributed by atoms with Gasteiger partial charge in [-0.15, -0.1) is 0 Å². The van der Waals surface area contributed by atoms with Crippen LogP contribution in [0.3, 0.4) is 0 Å². The van der Waals surface area contributed by atoms with E-state index in [0.717, 1.165) is 17.3 Å². The van der Waals surface area contributed by atoms with Gasteiger partial charge in [-0.2, -0.15) is 0 Å². The number of phenols is 1. The molecule has 0 saturated carbocycles. The quantitative estimate of drug-likeness (QED) is 0.318. The molecule has 0 aliphatic carbocycles. The number of phenolic OH excluding ortho intramolecular Hbond substituents is 1. The van der Waals surface area contributed by atoms with E-state index in [1.165, 1.54) is 19.2 Å². The Morgan fingerprint density at radius 3 is 2.35 bits per heavy atom. The average molecular weight is 394 g/mol. The number of benzene rings is 1. The highest BCUT2D eigenvalue weighted by Crippen LogP contribution is 2.38. The molecule has 1 aromatic carbocycles. The van der Waals surface area contributed by atoms with E-state index in [1.807, 2.05) is 6.92 Å². The zero-order chi connectivity index (χ0) is 15.0. The van der Waals surface area contributed by atoms with Crippen LogP contribution in [0.1, 0.15) is 30.1 Å². The summed E-state index contributed by atoms with van der Waals surface area (Å²) in [5, 5.41) is 10.1. The second-order valence-electron chi connectivity index (χ2n) is 4.05. The van der Waals surface area contributed by atoms with E-state index in [4.69, 9.17) is 9.47 Å². The topological polar surface area (TPSA) is 65.0 Å². The number of hydrogen-bond acceptors (Lipinski definition) is 5. The predicted molar refractivity (Wildman–Crippen MR) is 84.2 cm³/mol. The number of ether oxygens (including phenoxy) is 3. The molecule has 1 N–H and O–H groups in total. The monoisotopic (exact) mass is 394 g/mol. The van der Waals surface area contributed by atoms with E-state index in [-0.39, 0.29) is 17.2 Å². The van der Waals surface area contributed by atoms with Crippen LogP contribution in [0.5, 0.6) is 17.2 Å². The lowest BCUT2D eigenvalue weighted by atomic mass is 10.2. The third-order valence-electron chi connectivity index (χ3n) is 2.55. The molecule has 0 spiro atoms. The molecule has 0 amide bonds. The molecule has 0 radical (unpaired) electrons. The molecule has 0 aromatic heterocycles. The Hall–Kier alpha value is -1.18. The summed E-state index contributed by atoms with van der Waals surface area (Å²) in [6.07, 6.45) is 1.85. The molecule has 1 aromatic rings. The largest absolute Gasteiger partial charge is 0.502 e. The average Bonchev–Trinajstić information content (AvgIpc) is 2.47. The second kappa shape index (κ2) is 8.89. The molecule has 0 aliphatic rings. The summed E-state index contributed by atoms with van der Waals surface area (Å²) in [7, 11) is 1.30. The van der Waals surface area contributed by atoms with Crippen molar-refractivity contribution in [1.29, 1.82) is 0 Å². The van der Waals surface area contributed by atoms with Crippen molar-refractivity contribution in [2.24, 2.45) is 0 Å². The van der Waals surface area contributed by atoms with Gasteiger partial charge in [-0.25, -0.2) is 4.79 Å². The molecule has 1 rings (SSSR count). The maximum atomic E-state index is 11.6. The third kappa shape index (κ3) is 4.73. The van der Waals surface area contributed by atoms with Crippen LogP contribution in [0.25, 0.3) is 0 Å². The summed E-state index contributed by atoms with van der Waals surface area (Å²) in [5.41, 5.74) is 0.292. The van der Waals surface area contributed by atoms with Gasteiger partial charge in [-0.3, -0.25) is 0 Å². The van der Waals surface area contributed by atoms with Crippen LogP contribution in [0, 0.1) is 0 Å². The Morgan fingerprint density at radius 1 is 1.25 bits per heavy atom. The van der Waals surface area contributed by atoms with Crippen molar-refractivity contribution in [3.8, 4) is 17.2 Å². The fraction of sp³-hybridized carbons (Fsp3) is 0.500. The number of halogens is 1. The molecule has 0 heterocycles. The lowest BCUT2D eigenvalue weighted by Crippen LogP contribution is -2.06. The minimum atomic E-state index is -0.496. The normalized spacial score (nSPS) is 10.2. The number of rotatable bonds is 8. The number of hydrogen-bond donors (Lipinski definition) is 1. The third-order valence-corrected chi connectivity index (χ3v) is 2.99. The Labute approximate surface area is 132 Å². The Kier molecular flexibility index (Phi) is 7.50. The Bertz CT molecular complexity index is 447. The van der Waals surface area contributed by atoms with Crippen LogP contribution in [0.4, 0.5) is 0 Å². The van der Waals surface area contributed by atoms with Gasteiger partial charge >= 0.3 is 5.97 Å². The van der Waals surface area contributed by atoms with E-state index >= 15 is 0 Å². The zero-order valence-electron chi connectivity index (χ0n) is 11.6. The standard InChI is InChI=1S/C14H19IO5/c1-3-4-6-19-11-8-10(14(17)18-2)9-12(13(11)16)20-7-5-15/h8-9,16H,3-7H2,1-2H3. The number of carbonyl (C=O) groups excluding carboxylic acids is 1. The van der Waals surface area contributed by atoms with Crippen LogP contribution in [-0.2, 0) is 4.74 Å². The maximum Gasteiger partial charge on any atom is 0.338 e. The minimum absolute atomic E-state index is 0.0846. The van der Waals surface area contributed by atoms with Crippen molar-refractivity contribution in [3.63, 3.8) is 0 Å². The lowest BCUT2D eigenvalue weighted by molar-refractivity contribution is 0.0599. The Balaban J connectivity index is 3.02. The van der Waals surface area contributed by atoms with Crippen molar-refractivity contribution in [1.82, 2.24) is 0 Å². The van der Waals surface area contributed by atoms with E-state index in [0.29, 0.717) is 18.8 Å². The highest BCUT2D eigenvalue weighted by molar-refractivity contribution is 14.1. The number of alkyl halides is 1. The molecule has 0 fully saturated rings. The Morgan fingerprint density at radius 2 is 1.85 bits per heavy atom. The van der Waals surface area contributed by atoms with Gasteiger partial charge in [-0.05, 0) is 18.6 Å². The summed E-state index contributed by atoms with van der Waals surface area (Å²) in [6.45, 7) is 2.95. The lowest BCUT2D eigenvalue weighted by Gasteiger charge is -2.13. The fourth-order valence-electron chi connectivity index (χ4n) is 1.51. The summed E-state index contributed by atoms with van der Waals surface area (Å²) in [6, 6.07) is 2.92. The highest BCUT2D eigenvalue weighted by Gasteiger charge is 2.17. The minimum Gasteiger partial charge on any atom is -0.502 e. The first-order chi connectivity index (χ1) is 9.63. The summed E-state index contributed by atoms with van der Waals surface area (Å²) < 4.78 is 16.4. The van der Waals surface area contributed by atoms with Crippen molar-refractivity contribution in [2.75, 3.05) is 24.8 Å². The second-order valence-corrected chi connectivity index (χ2v) is 5.13. The van der Waals surface area contributed by atoms with E-state index in [2.05, 4.69) is 27.3 Å².